The highest BCUT2D eigenvalue weighted by molar-refractivity contribution is 6.30. The number of rotatable bonds is 6. The summed E-state index contributed by atoms with van der Waals surface area (Å²) in [5.74, 6) is -1.48. The van der Waals surface area contributed by atoms with Gasteiger partial charge in [-0.1, -0.05) is 17.7 Å². The van der Waals surface area contributed by atoms with Gasteiger partial charge < -0.3 is 24.4 Å². The van der Waals surface area contributed by atoms with Gasteiger partial charge in [-0.05, 0) is 30.3 Å². The second-order valence-electron chi connectivity index (χ2n) is 8.30. The summed E-state index contributed by atoms with van der Waals surface area (Å²) < 4.78 is 30.8. The second kappa shape index (κ2) is 11.9. The number of benzene rings is 1. The fourth-order valence-corrected chi connectivity index (χ4v) is 4.08. The number of likely N-dealkylation sites (tertiary alicyclic amines) is 1. The number of nitrogens with one attached hydrogen (secondary N) is 2. The van der Waals surface area contributed by atoms with E-state index in [9.17, 15) is 19.2 Å². The lowest BCUT2D eigenvalue weighted by molar-refractivity contribution is -0.119. The molecule has 2 aromatic heterocycles. The van der Waals surface area contributed by atoms with Crippen molar-refractivity contribution in [3.05, 3.63) is 75.9 Å². The van der Waals surface area contributed by atoms with E-state index in [1.165, 1.54) is 54.6 Å². The summed E-state index contributed by atoms with van der Waals surface area (Å²) in [5.41, 5.74) is -0.753. The number of urea groups is 1. The Balaban J connectivity index is 1.53. The minimum absolute atomic E-state index is 0.0341. The molecule has 1 aromatic carbocycles. The number of nitrogens with zero attached hydrogens (tertiary/aromatic N) is 3. The molecule has 3 heterocycles. The van der Waals surface area contributed by atoms with E-state index in [4.69, 9.17) is 21.1 Å². The normalized spacial score (nSPS) is 16.5. The van der Waals surface area contributed by atoms with E-state index >= 15 is 4.39 Å². The first-order valence-electron chi connectivity index (χ1n) is 11.5. The molecule has 39 heavy (non-hydrogen) atoms. The van der Waals surface area contributed by atoms with Gasteiger partial charge in [0, 0.05) is 38.4 Å². The van der Waals surface area contributed by atoms with Gasteiger partial charge in [0.1, 0.15) is 17.7 Å². The Bertz CT molecular complexity index is 1450. The molecule has 0 spiro atoms. The Morgan fingerprint density at radius 1 is 1.10 bits per heavy atom. The summed E-state index contributed by atoms with van der Waals surface area (Å²) in [7, 11) is 2.56. The van der Waals surface area contributed by atoms with Crippen molar-refractivity contribution in [1.82, 2.24) is 14.5 Å². The molecule has 3 aromatic rings. The number of methoxy groups -OCH3 is 2. The molecule has 1 saturated heterocycles. The Labute approximate surface area is 226 Å². The maximum atomic E-state index is 15.1. The molecular weight excluding hydrogens is 537 g/mol. The minimum Gasteiger partial charge on any atom is -0.437 e. The number of hydrogen-bond donors (Lipinski definition) is 2. The topological polar surface area (TPSA) is 141 Å². The van der Waals surface area contributed by atoms with Gasteiger partial charge >= 0.3 is 12.2 Å². The van der Waals surface area contributed by atoms with Crippen molar-refractivity contribution in [2.75, 3.05) is 31.4 Å². The number of aromatic nitrogens is 2. The summed E-state index contributed by atoms with van der Waals surface area (Å²) in [5, 5.41) is 5.48. The van der Waals surface area contributed by atoms with Gasteiger partial charge in [0.2, 0.25) is 11.8 Å². The Morgan fingerprint density at radius 3 is 2.56 bits per heavy atom. The van der Waals surface area contributed by atoms with Gasteiger partial charge in [-0.25, -0.2) is 23.5 Å². The summed E-state index contributed by atoms with van der Waals surface area (Å²) >= 11 is 5.83. The molecule has 2 N–H and O–H groups in total. The fraction of sp³-hybridized carbons (Fsp3) is 0.240. The molecule has 14 heteroatoms. The van der Waals surface area contributed by atoms with Crippen molar-refractivity contribution in [2.45, 2.75) is 18.6 Å². The smallest absolute Gasteiger partial charge is 0.437 e. The predicted octanol–water partition coefficient (Wildman–Crippen LogP) is 3.43. The molecule has 2 atom stereocenters. The van der Waals surface area contributed by atoms with Crippen LogP contribution in [0.2, 0.25) is 5.02 Å². The average molecular weight is 560 g/mol. The number of hydrogen-bond acceptors (Lipinski definition) is 8. The van der Waals surface area contributed by atoms with Crippen LogP contribution in [-0.2, 0) is 14.3 Å². The fourth-order valence-electron chi connectivity index (χ4n) is 3.96. The first kappa shape index (κ1) is 27.5. The lowest BCUT2D eigenvalue weighted by Crippen LogP contribution is -2.45. The van der Waals surface area contributed by atoms with Crippen molar-refractivity contribution in [3.63, 3.8) is 0 Å². The summed E-state index contributed by atoms with van der Waals surface area (Å²) in [6, 6.07) is 8.97. The van der Waals surface area contributed by atoms with Crippen molar-refractivity contribution in [3.8, 4) is 11.6 Å². The molecule has 0 unspecified atom stereocenters. The number of halogens is 2. The van der Waals surface area contributed by atoms with Gasteiger partial charge in [-0.15, -0.1) is 0 Å². The standard InChI is InChI=1S/C25H23ClFN5O7/c1-37-16-11-19(31(13-16)24(35)30-20-9-6-14(26)12-28-20)23(34)29-18-8-7-15(10-17(18)27)32-21(33)4-3-5-22(32)39-25(36)38-2/h3-10,12,16,19H,11,13H2,1-2H3,(H,29,34)(H,28,30,35)/t16-,19-/m1/s1. The van der Waals surface area contributed by atoms with Crippen LogP contribution in [0.25, 0.3) is 5.69 Å². The SMILES string of the molecule is COC(=O)Oc1cccc(=O)n1-c1ccc(NC(=O)[C@H]2C[C@@H](OC)CN2C(=O)Nc2ccc(Cl)cn2)c(F)c1. The monoisotopic (exact) mass is 559 g/mol. The lowest BCUT2D eigenvalue weighted by Gasteiger charge is -2.24. The van der Waals surface area contributed by atoms with Crippen LogP contribution in [-0.4, -0.2) is 65.5 Å². The van der Waals surface area contributed by atoms with E-state index in [-0.39, 0.29) is 36.0 Å². The summed E-state index contributed by atoms with van der Waals surface area (Å²) in [6.07, 6.45) is 0.0566. The molecule has 0 aliphatic carbocycles. The molecule has 0 saturated carbocycles. The van der Waals surface area contributed by atoms with Crippen molar-refractivity contribution < 1.29 is 33.0 Å². The zero-order valence-corrected chi connectivity index (χ0v) is 21.5. The average Bonchev–Trinajstić information content (AvgIpc) is 3.36. The number of carbonyl (C=O) groups excluding carboxylic acids is 3. The highest BCUT2D eigenvalue weighted by Crippen LogP contribution is 2.25. The Hall–Kier alpha value is -4.49. The van der Waals surface area contributed by atoms with Gasteiger partial charge in [0.15, 0.2) is 0 Å². The highest BCUT2D eigenvalue weighted by atomic mass is 35.5. The summed E-state index contributed by atoms with van der Waals surface area (Å²) in [4.78, 5) is 55.3. The van der Waals surface area contributed by atoms with Crippen LogP contribution in [0.1, 0.15) is 6.42 Å². The molecule has 1 aliphatic rings. The lowest BCUT2D eigenvalue weighted by atomic mass is 10.1. The van der Waals surface area contributed by atoms with E-state index in [1.807, 2.05) is 0 Å². The van der Waals surface area contributed by atoms with E-state index in [0.717, 1.165) is 17.7 Å². The molecule has 204 valence electrons. The molecular formula is C25H23ClFN5O7. The van der Waals surface area contributed by atoms with Gasteiger partial charge in [0.25, 0.3) is 5.56 Å². The Kier molecular flexibility index (Phi) is 8.42. The third-order valence-corrected chi connectivity index (χ3v) is 6.09. The van der Waals surface area contributed by atoms with Crippen LogP contribution in [0.15, 0.2) is 59.5 Å². The number of ether oxygens (including phenoxy) is 3. The largest absolute Gasteiger partial charge is 0.514 e. The van der Waals surface area contributed by atoms with Gasteiger partial charge in [-0.3, -0.25) is 14.9 Å². The van der Waals surface area contributed by atoms with E-state index in [0.29, 0.717) is 5.02 Å². The quantitative estimate of drug-likeness (QED) is 0.438. The molecule has 1 aliphatic heterocycles. The van der Waals surface area contributed by atoms with Crippen LogP contribution in [0.5, 0.6) is 5.88 Å². The highest BCUT2D eigenvalue weighted by Gasteiger charge is 2.40. The van der Waals surface area contributed by atoms with E-state index in [2.05, 4.69) is 20.4 Å². The molecule has 0 radical (unpaired) electrons. The van der Waals surface area contributed by atoms with Crippen LogP contribution >= 0.6 is 11.6 Å². The number of anilines is 2. The van der Waals surface area contributed by atoms with Crippen LogP contribution in [0.3, 0.4) is 0 Å². The summed E-state index contributed by atoms with van der Waals surface area (Å²) in [6.45, 7) is 0.120. The van der Waals surface area contributed by atoms with Crippen LogP contribution in [0, 0.1) is 5.82 Å². The number of amides is 3. The second-order valence-corrected chi connectivity index (χ2v) is 8.74. The van der Waals surface area contributed by atoms with Crippen molar-refractivity contribution in [2.24, 2.45) is 0 Å². The predicted molar refractivity (Wildman–Crippen MR) is 138 cm³/mol. The zero-order chi connectivity index (χ0) is 28.1. The van der Waals surface area contributed by atoms with Crippen LogP contribution < -0.4 is 20.9 Å². The molecule has 4 rings (SSSR count). The molecule has 0 bridgehead atoms. The Morgan fingerprint density at radius 2 is 1.90 bits per heavy atom. The van der Waals surface area contributed by atoms with Gasteiger partial charge in [-0.2, -0.15) is 0 Å². The molecule has 1 fully saturated rings. The maximum Gasteiger partial charge on any atom is 0.514 e. The van der Waals surface area contributed by atoms with Crippen LogP contribution in [0.4, 0.5) is 25.5 Å². The third-order valence-electron chi connectivity index (χ3n) is 5.86. The first-order valence-corrected chi connectivity index (χ1v) is 11.9. The van der Waals surface area contributed by atoms with Gasteiger partial charge in [0.05, 0.1) is 29.6 Å². The first-order chi connectivity index (χ1) is 18.7. The van der Waals surface area contributed by atoms with E-state index in [1.54, 1.807) is 6.07 Å². The molecule has 3 amide bonds. The zero-order valence-electron chi connectivity index (χ0n) is 20.7. The number of pyridine rings is 2. The minimum atomic E-state index is -1.06. The van der Waals surface area contributed by atoms with E-state index < -0.39 is 41.6 Å². The molecule has 12 nitrogen and oxygen atoms in total. The number of carbonyl (C=O) groups is 3. The maximum absolute atomic E-state index is 15.1. The van der Waals surface area contributed by atoms with Crippen molar-refractivity contribution >= 4 is 41.2 Å². The van der Waals surface area contributed by atoms with Crippen molar-refractivity contribution in [1.29, 1.82) is 0 Å². The third kappa shape index (κ3) is 6.33.